The molecule has 0 saturated carbocycles. The number of benzene rings is 1. The zero-order valence-electron chi connectivity index (χ0n) is 33.6. The average molecular weight is 716 g/mol. The summed E-state index contributed by atoms with van der Waals surface area (Å²) in [7, 11) is 1.66. The van der Waals surface area contributed by atoms with Crippen LogP contribution in [0.4, 0.5) is 0 Å². The van der Waals surface area contributed by atoms with Crippen molar-refractivity contribution in [3.8, 4) is 5.75 Å². The summed E-state index contributed by atoms with van der Waals surface area (Å²) in [6, 6.07) is 5.78. The van der Waals surface area contributed by atoms with Crippen LogP contribution in [-0.2, 0) is 4.79 Å². The number of ether oxygens (including phenoxy) is 1. The number of allylic oxidation sites excluding steroid dienone is 14. The zero-order chi connectivity index (χ0) is 38.0. The maximum absolute atomic E-state index is 13.5. The van der Waals surface area contributed by atoms with Gasteiger partial charge in [0.15, 0.2) is 11.6 Å². The van der Waals surface area contributed by atoms with E-state index >= 15 is 0 Å². The summed E-state index contributed by atoms with van der Waals surface area (Å²) in [5.41, 5.74) is 8.26. The van der Waals surface area contributed by atoms with Gasteiger partial charge in [0.05, 0.1) is 12.8 Å². The fourth-order valence-corrected chi connectivity index (χ4v) is 7.92. The minimum atomic E-state index is 0.155. The molecule has 4 nitrogen and oxygen atoms in total. The number of hydrogen-bond donors (Lipinski definition) is 0. The molecule has 4 rings (SSSR count). The lowest BCUT2D eigenvalue weighted by molar-refractivity contribution is -0.115. The number of rotatable bonds is 15. The van der Waals surface area contributed by atoms with Crippen molar-refractivity contribution in [2.24, 2.45) is 22.7 Å². The van der Waals surface area contributed by atoms with Gasteiger partial charge in [-0.3, -0.25) is 14.6 Å². The molecule has 4 heteroatoms. The van der Waals surface area contributed by atoms with Crippen molar-refractivity contribution >= 4 is 23.4 Å². The molecule has 0 spiro atoms. The molecule has 0 saturated heterocycles. The lowest BCUT2D eigenvalue weighted by atomic mass is 9.82. The van der Waals surface area contributed by atoms with E-state index < -0.39 is 0 Å². The summed E-state index contributed by atoms with van der Waals surface area (Å²) in [6.45, 7) is 10.7. The van der Waals surface area contributed by atoms with Gasteiger partial charge in [0.25, 0.3) is 0 Å². The Morgan fingerprint density at radius 3 is 2.57 bits per heavy atom. The van der Waals surface area contributed by atoms with E-state index in [-0.39, 0.29) is 11.6 Å². The van der Waals surface area contributed by atoms with Crippen molar-refractivity contribution in [1.82, 2.24) is 0 Å². The number of aliphatic imine (C=N–C) groups is 1. The molecule has 284 valence electrons. The van der Waals surface area contributed by atoms with E-state index in [1.807, 2.05) is 81.5 Å². The first-order valence-electron chi connectivity index (χ1n) is 20.4. The SMILES string of the molecule is CC=CCCC(=O)C(=CC)CC1=C/C/C=C/C(=C\C=C\c2ccc(C(=O)CC3=CCCC(CC4=CCCC(C(C)C)CCC4)CC3)cc2OC)/N=C\1C. The molecule has 1 heterocycles. The van der Waals surface area contributed by atoms with Gasteiger partial charge < -0.3 is 4.74 Å². The molecule has 0 bridgehead atoms. The van der Waals surface area contributed by atoms with Crippen molar-refractivity contribution in [1.29, 1.82) is 0 Å². The van der Waals surface area contributed by atoms with Crippen molar-refractivity contribution < 1.29 is 14.3 Å². The second kappa shape index (κ2) is 22.2. The standard InChI is InChI=1S/C49H65NO3/c1-7-9-10-27-47(51)41(8-2)34-44-21-11-12-25-46(50-37(44)5)26-16-24-43-30-31-45(35-49(43)53-6)48(52)33-40-18-13-17-39(28-29-40)32-38-19-14-22-42(36(3)4)23-15-20-38/h7-9,12,16,18-19,21,24-26,30-31,35-36,39,42H,10-11,13-15,17,20,22-23,27-29,32-34H2,1-6H3/b9-7?,24-16+,25-12+,38-19?,41-8?,44-21-,46-26+,50-37-. The van der Waals surface area contributed by atoms with Crippen LogP contribution in [-0.4, -0.2) is 24.4 Å². The van der Waals surface area contributed by atoms with Crippen LogP contribution in [0, 0.1) is 17.8 Å². The Morgan fingerprint density at radius 2 is 1.79 bits per heavy atom. The molecule has 1 aromatic carbocycles. The maximum Gasteiger partial charge on any atom is 0.167 e. The lowest BCUT2D eigenvalue weighted by Gasteiger charge is -2.24. The summed E-state index contributed by atoms with van der Waals surface area (Å²) >= 11 is 0. The number of carbonyl (C=O) groups excluding carboxylic acids is 2. The highest BCUT2D eigenvalue weighted by molar-refractivity contribution is 6.03. The second-order valence-corrected chi connectivity index (χ2v) is 15.5. The third kappa shape index (κ3) is 13.7. The maximum atomic E-state index is 13.5. The summed E-state index contributed by atoms with van der Waals surface area (Å²) < 4.78 is 5.74. The second-order valence-electron chi connectivity index (χ2n) is 15.5. The molecule has 2 aliphatic carbocycles. The first kappa shape index (κ1) is 41.7. The van der Waals surface area contributed by atoms with Crippen LogP contribution in [0.1, 0.15) is 147 Å². The van der Waals surface area contributed by atoms with Gasteiger partial charge in [-0.15, -0.1) is 0 Å². The van der Waals surface area contributed by atoms with Crippen molar-refractivity contribution in [3.05, 3.63) is 118 Å². The third-order valence-corrected chi connectivity index (χ3v) is 11.3. The molecule has 0 aromatic heterocycles. The molecule has 0 fully saturated rings. The number of hydrogen-bond acceptors (Lipinski definition) is 4. The molecule has 3 aliphatic rings. The van der Waals surface area contributed by atoms with Crippen LogP contribution < -0.4 is 4.74 Å². The summed E-state index contributed by atoms with van der Waals surface area (Å²) in [5.74, 6) is 3.43. The fourth-order valence-electron chi connectivity index (χ4n) is 7.92. The van der Waals surface area contributed by atoms with E-state index in [1.54, 1.807) is 12.7 Å². The first-order valence-corrected chi connectivity index (χ1v) is 20.4. The Kier molecular flexibility index (Phi) is 17.5. The monoisotopic (exact) mass is 715 g/mol. The van der Waals surface area contributed by atoms with Gasteiger partial charge in [-0.05, 0) is 145 Å². The Labute approximate surface area is 321 Å². The lowest BCUT2D eigenvalue weighted by Crippen LogP contribution is -2.11. The fraction of sp³-hybridized carbons (Fsp3) is 0.490. The quantitative estimate of drug-likeness (QED) is 0.103. The Morgan fingerprint density at radius 1 is 0.981 bits per heavy atom. The van der Waals surface area contributed by atoms with E-state index in [0.717, 1.165) is 71.6 Å². The molecule has 2 atom stereocenters. The highest BCUT2D eigenvalue weighted by Gasteiger charge is 2.20. The number of methoxy groups -OCH3 is 1. The molecule has 2 unspecified atom stereocenters. The van der Waals surface area contributed by atoms with Gasteiger partial charge in [0, 0.05) is 36.1 Å². The molecule has 0 radical (unpaired) electrons. The summed E-state index contributed by atoms with van der Waals surface area (Å²) in [6.07, 6.45) is 38.6. The summed E-state index contributed by atoms with van der Waals surface area (Å²) in [4.78, 5) is 31.2. The Hall–Kier alpha value is -4.05. The Balaban J connectivity index is 1.33. The smallest absolute Gasteiger partial charge is 0.167 e. The number of Topliss-reactive ketones (excluding diaryl/α,β-unsaturated/α-hetero) is 2. The van der Waals surface area contributed by atoms with Crippen molar-refractivity contribution in [2.45, 2.75) is 131 Å². The molecule has 0 amide bonds. The Bertz CT molecular complexity index is 1690. The number of carbonyl (C=O) groups is 2. The predicted octanol–water partition coefficient (Wildman–Crippen LogP) is 13.4. The average Bonchev–Trinajstić information content (AvgIpc) is 3.35. The highest BCUT2D eigenvalue weighted by Crippen LogP contribution is 2.34. The molecule has 53 heavy (non-hydrogen) atoms. The van der Waals surface area contributed by atoms with E-state index in [2.05, 4.69) is 38.2 Å². The molecule has 0 N–H and O–H groups in total. The first-order chi connectivity index (χ1) is 25.7. The van der Waals surface area contributed by atoms with Crippen molar-refractivity contribution in [2.75, 3.05) is 7.11 Å². The van der Waals surface area contributed by atoms with E-state index in [9.17, 15) is 9.59 Å². The van der Waals surface area contributed by atoms with Gasteiger partial charge in [0.2, 0.25) is 0 Å². The van der Waals surface area contributed by atoms with Crippen LogP contribution in [0.15, 0.2) is 112 Å². The number of nitrogens with zero attached hydrogens (tertiary/aromatic N) is 1. The van der Waals surface area contributed by atoms with Gasteiger partial charge in [-0.2, -0.15) is 0 Å². The van der Waals surface area contributed by atoms with Gasteiger partial charge in [-0.1, -0.05) is 91.8 Å². The minimum Gasteiger partial charge on any atom is -0.496 e. The summed E-state index contributed by atoms with van der Waals surface area (Å²) in [5, 5.41) is 0. The number of ketones is 2. The largest absolute Gasteiger partial charge is 0.496 e. The topological polar surface area (TPSA) is 55.7 Å². The zero-order valence-corrected chi connectivity index (χ0v) is 33.6. The highest BCUT2D eigenvalue weighted by atomic mass is 16.5. The molecular formula is C49H65NO3. The molecular weight excluding hydrogens is 651 g/mol. The van der Waals surface area contributed by atoms with E-state index in [0.29, 0.717) is 30.6 Å². The van der Waals surface area contributed by atoms with Crippen LogP contribution in [0.3, 0.4) is 0 Å². The van der Waals surface area contributed by atoms with Crippen LogP contribution in [0.5, 0.6) is 5.75 Å². The van der Waals surface area contributed by atoms with Gasteiger partial charge in [0.1, 0.15) is 5.75 Å². The van der Waals surface area contributed by atoms with Crippen LogP contribution in [0.2, 0.25) is 0 Å². The molecule has 1 aliphatic heterocycles. The normalized spacial score (nSPS) is 23.9. The minimum absolute atomic E-state index is 0.155. The van der Waals surface area contributed by atoms with E-state index in [1.165, 1.54) is 56.9 Å². The predicted molar refractivity (Wildman–Crippen MR) is 226 cm³/mol. The van der Waals surface area contributed by atoms with Crippen molar-refractivity contribution in [3.63, 3.8) is 0 Å². The van der Waals surface area contributed by atoms with Gasteiger partial charge in [-0.25, -0.2) is 0 Å². The van der Waals surface area contributed by atoms with Crippen LogP contribution in [0.25, 0.3) is 6.08 Å². The van der Waals surface area contributed by atoms with Crippen LogP contribution >= 0.6 is 0 Å². The molecule has 1 aromatic rings. The third-order valence-electron chi connectivity index (χ3n) is 11.3. The van der Waals surface area contributed by atoms with Gasteiger partial charge >= 0.3 is 0 Å². The van der Waals surface area contributed by atoms with E-state index in [4.69, 9.17) is 9.73 Å².